The first-order valence-electron chi connectivity index (χ1n) is 21.3. The van der Waals surface area contributed by atoms with E-state index < -0.39 is 29.1 Å². The lowest BCUT2D eigenvalue weighted by Gasteiger charge is -2.38. The number of hydrogen-bond donors (Lipinski definition) is 3. The van der Waals surface area contributed by atoms with Gasteiger partial charge in [0.25, 0.3) is 0 Å². The van der Waals surface area contributed by atoms with Gasteiger partial charge in [-0.25, -0.2) is 5.43 Å². The number of pyridine rings is 1. The molecular weight excluding hydrogens is 761 g/mol. The summed E-state index contributed by atoms with van der Waals surface area (Å²) in [5.41, 5.74) is 9.47. The summed E-state index contributed by atoms with van der Waals surface area (Å²) in [6.45, 7) is 13.7. The molecule has 2 aliphatic heterocycles. The number of amides is 2. The second kappa shape index (κ2) is 17.3. The van der Waals surface area contributed by atoms with Gasteiger partial charge in [-0.2, -0.15) is 0 Å². The van der Waals surface area contributed by atoms with Gasteiger partial charge in [0.2, 0.25) is 11.8 Å². The first-order chi connectivity index (χ1) is 28.6. The number of cyclic esters (lactones) is 1. The fraction of sp³-hybridized carbons (Fsp3) is 0.532. The maximum absolute atomic E-state index is 14.9. The highest BCUT2D eigenvalue weighted by atomic mass is 16.5. The molecule has 1 spiro atoms. The summed E-state index contributed by atoms with van der Waals surface area (Å²) >= 11 is 0. The fourth-order valence-electron chi connectivity index (χ4n) is 9.64. The lowest BCUT2D eigenvalue weighted by molar-refractivity contribution is -0.156. The molecule has 1 saturated heterocycles. The first kappa shape index (κ1) is 43.3. The van der Waals surface area contributed by atoms with E-state index in [2.05, 4.69) is 66.4 Å². The highest BCUT2D eigenvalue weighted by molar-refractivity contribution is 5.95. The number of carbonyl (C=O) groups is 3. The fourth-order valence-corrected chi connectivity index (χ4v) is 9.64. The van der Waals surface area contributed by atoms with Gasteiger partial charge in [0.05, 0.1) is 36.1 Å². The average molecular weight is 823 g/mol. The molecule has 6 bridgehead atoms. The van der Waals surface area contributed by atoms with Crippen molar-refractivity contribution >= 4 is 28.7 Å². The number of carbonyl (C=O) groups excluding carboxylic acids is 3. The number of aromatic hydroxyl groups is 1. The average Bonchev–Trinajstić information content (AvgIpc) is 3.82. The minimum absolute atomic E-state index is 0.0566. The maximum atomic E-state index is 14.9. The van der Waals surface area contributed by atoms with Gasteiger partial charge in [0.15, 0.2) is 0 Å². The Labute approximate surface area is 353 Å². The molecule has 2 aromatic carbocycles. The number of aromatic nitrogens is 2. The summed E-state index contributed by atoms with van der Waals surface area (Å²) < 4.78 is 20.1. The van der Waals surface area contributed by atoms with Crippen molar-refractivity contribution in [2.24, 2.45) is 16.7 Å². The second-order valence-corrected chi connectivity index (χ2v) is 18.1. The molecule has 0 radical (unpaired) electrons. The van der Waals surface area contributed by atoms with Crippen molar-refractivity contribution in [1.29, 1.82) is 0 Å². The van der Waals surface area contributed by atoms with Crippen LogP contribution in [-0.4, -0.2) is 101 Å². The van der Waals surface area contributed by atoms with Crippen LogP contribution in [0.25, 0.3) is 33.3 Å². The van der Waals surface area contributed by atoms with Crippen LogP contribution in [0.3, 0.4) is 0 Å². The van der Waals surface area contributed by atoms with E-state index in [1.807, 2.05) is 19.9 Å². The predicted molar refractivity (Wildman–Crippen MR) is 231 cm³/mol. The molecule has 1 aliphatic carbocycles. The third kappa shape index (κ3) is 8.41. The summed E-state index contributed by atoms with van der Waals surface area (Å²) in [6.07, 6.45) is 3.81. The van der Waals surface area contributed by atoms with E-state index >= 15 is 0 Å². The number of rotatable bonds is 10. The molecule has 2 aromatic heterocycles. The molecule has 3 N–H and O–H groups in total. The number of hydrogen-bond acceptors (Lipinski definition) is 10. The van der Waals surface area contributed by atoms with Crippen LogP contribution in [-0.2, 0) is 54.6 Å². The van der Waals surface area contributed by atoms with Crippen LogP contribution in [0.4, 0.5) is 0 Å². The molecule has 322 valence electrons. The monoisotopic (exact) mass is 822 g/mol. The van der Waals surface area contributed by atoms with Gasteiger partial charge in [-0.05, 0) is 104 Å². The minimum Gasteiger partial charge on any atom is -0.508 e. The van der Waals surface area contributed by atoms with E-state index in [4.69, 9.17) is 19.2 Å². The molecule has 4 heterocycles. The molecule has 2 amide bonds. The third-order valence-corrected chi connectivity index (χ3v) is 12.8. The number of aryl methyl sites for hydroxylation is 1. The van der Waals surface area contributed by atoms with Crippen molar-refractivity contribution in [3.8, 4) is 28.1 Å². The van der Waals surface area contributed by atoms with Gasteiger partial charge in [-0.1, -0.05) is 39.8 Å². The van der Waals surface area contributed by atoms with Gasteiger partial charge in [0, 0.05) is 75.4 Å². The Kier molecular flexibility index (Phi) is 12.5. The van der Waals surface area contributed by atoms with Gasteiger partial charge in [-0.15, -0.1) is 0 Å². The summed E-state index contributed by atoms with van der Waals surface area (Å²) in [6, 6.07) is 14.8. The Balaban J connectivity index is 1.37. The number of phenolic OH excluding ortho intramolecular Hbond substituents is 1. The SMILES string of the molecule is CCn1c(-c2cccnc2COC)c2c3cc(ccc31)-c1cc(O)cc(c1)CC1(C[C@@H]1NC(OC)[C@H](C(C)C)N(C)C(C)=O)C(=O)N1CCC[C@H](N1)C(=O)OCC(C)(C)C2. The number of ether oxygens (including phenoxy) is 3. The highest BCUT2D eigenvalue weighted by Crippen LogP contribution is 2.52. The van der Waals surface area contributed by atoms with Crippen molar-refractivity contribution in [2.75, 3.05) is 34.4 Å². The minimum atomic E-state index is -0.932. The van der Waals surface area contributed by atoms with Crippen LogP contribution >= 0.6 is 0 Å². The van der Waals surface area contributed by atoms with Crippen molar-refractivity contribution in [1.82, 2.24) is 30.2 Å². The molecule has 60 heavy (non-hydrogen) atoms. The first-order valence-corrected chi connectivity index (χ1v) is 21.3. The normalized spacial score (nSPS) is 22.7. The van der Waals surface area contributed by atoms with Crippen molar-refractivity contribution in [3.63, 3.8) is 0 Å². The summed E-state index contributed by atoms with van der Waals surface area (Å²) in [5, 5.41) is 17.6. The van der Waals surface area contributed by atoms with Crippen LogP contribution in [0.1, 0.15) is 77.6 Å². The molecular formula is C47H62N6O7. The highest BCUT2D eigenvalue weighted by Gasteiger charge is 2.62. The van der Waals surface area contributed by atoms with Gasteiger partial charge < -0.3 is 28.8 Å². The lowest BCUT2D eigenvalue weighted by atomic mass is 9.84. The molecule has 4 aromatic rings. The summed E-state index contributed by atoms with van der Waals surface area (Å²) in [7, 11) is 5.06. The topological polar surface area (TPSA) is 147 Å². The Morgan fingerprint density at radius 1 is 1.12 bits per heavy atom. The van der Waals surface area contributed by atoms with Crippen molar-refractivity contribution < 1.29 is 33.7 Å². The molecule has 7 rings (SSSR count). The number of nitrogens with one attached hydrogen (secondary N) is 2. The van der Waals surface area contributed by atoms with Gasteiger partial charge in [0.1, 0.15) is 18.0 Å². The van der Waals surface area contributed by atoms with E-state index in [-0.39, 0.29) is 42.2 Å². The number of benzene rings is 2. The molecule has 3 aliphatic rings. The maximum Gasteiger partial charge on any atom is 0.324 e. The Bertz CT molecular complexity index is 2250. The Hall–Kier alpha value is -4.82. The van der Waals surface area contributed by atoms with E-state index in [9.17, 15) is 19.5 Å². The number of likely N-dealkylation sites (N-methyl/N-ethyl adjacent to an activating group) is 1. The van der Waals surface area contributed by atoms with Crippen LogP contribution in [0.2, 0.25) is 0 Å². The standard InChI is InChI=1S/C47H62N6O7/c1-10-52-39-16-15-31-22-35(39)36(42(52)34-13-11-17-48-38(34)26-58-8)24-46(5,6)27-60-44(56)37-14-12-18-53(50-37)45(57)47(23-30-19-32(31)21-33(55)20-30)25-40(47)49-43(59-9)41(28(2)3)51(7)29(4)54/h11,13,15-17,19-22,28,37,40-41,43,49-50,55H,10,12,14,18,23-27H2,1-9H3/t37-,40-,41-,43?,47?/m0/s1. The Morgan fingerprint density at radius 3 is 2.60 bits per heavy atom. The van der Waals surface area contributed by atoms with E-state index in [0.717, 1.165) is 50.1 Å². The summed E-state index contributed by atoms with van der Waals surface area (Å²) in [4.78, 5) is 47.8. The number of methoxy groups -OCH3 is 2. The van der Waals surface area contributed by atoms with Gasteiger partial charge in [-0.3, -0.25) is 29.7 Å². The molecule has 2 fully saturated rings. The van der Waals surface area contributed by atoms with Crippen molar-refractivity contribution in [2.45, 2.75) is 111 Å². The zero-order chi connectivity index (χ0) is 43.1. The third-order valence-electron chi connectivity index (χ3n) is 12.8. The quantitative estimate of drug-likeness (QED) is 0.124. The number of hydrazine groups is 1. The zero-order valence-corrected chi connectivity index (χ0v) is 36.6. The molecule has 13 nitrogen and oxygen atoms in total. The van der Waals surface area contributed by atoms with E-state index in [1.54, 1.807) is 49.5 Å². The number of esters is 1. The smallest absolute Gasteiger partial charge is 0.324 e. The van der Waals surface area contributed by atoms with Crippen molar-refractivity contribution in [3.05, 3.63) is 71.5 Å². The van der Waals surface area contributed by atoms with E-state index in [1.165, 1.54) is 6.92 Å². The Morgan fingerprint density at radius 2 is 1.90 bits per heavy atom. The molecule has 5 atom stereocenters. The zero-order valence-electron chi connectivity index (χ0n) is 36.6. The second-order valence-electron chi connectivity index (χ2n) is 18.1. The van der Waals surface area contributed by atoms with E-state index in [0.29, 0.717) is 51.8 Å². The van der Waals surface area contributed by atoms with Crippen LogP contribution in [0, 0.1) is 16.7 Å². The van der Waals surface area contributed by atoms with Crippen LogP contribution in [0.5, 0.6) is 5.75 Å². The van der Waals surface area contributed by atoms with Gasteiger partial charge >= 0.3 is 5.97 Å². The molecule has 13 heteroatoms. The number of fused-ring (bicyclic) bond motifs is 6. The molecule has 2 unspecified atom stereocenters. The number of nitrogens with zero attached hydrogens (tertiary/aromatic N) is 4. The van der Waals surface area contributed by atoms with Crippen LogP contribution in [0.15, 0.2) is 54.7 Å². The summed E-state index contributed by atoms with van der Waals surface area (Å²) in [5.74, 6) is -0.446. The predicted octanol–water partition coefficient (Wildman–Crippen LogP) is 6.23. The molecule has 1 saturated carbocycles. The number of phenols is 1. The van der Waals surface area contributed by atoms with Crippen LogP contribution < -0.4 is 10.7 Å². The largest absolute Gasteiger partial charge is 0.508 e. The lowest BCUT2D eigenvalue weighted by Crippen LogP contribution is -2.59.